The first-order valence-corrected chi connectivity index (χ1v) is 9.67. The number of benzene rings is 2. The van der Waals surface area contributed by atoms with Crippen molar-refractivity contribution in [2.45, 2.75) is 19.3 Å². The molecule has 0 unspecified atom stereocenters. The molecule has 1 aliphatic rings. The summed E-state index contributed by atoms with van der Waals surface area (Å²) in [6.45, 7) is 0. The minimum absolute atomic E-state index is 0.320. The number of carbonyl (C=O) groups excluding carboxylic acids is 1. The Morgan fingerprint density at radius 1 is 1.08 bits per heavy atom. The molecule has 0 atom stereocenters. The number of fused-ring (bicyclic) bond motifs is 1. The average molecular weight is 344 g/mol. The van der Waals surface area contributed by atoms with Gasteiger partial charge in [-0.3, -0.25) is 9.10 Å². The molecule has 0 fully saturated rings. The zero-order valence-electron chi connectivity index (χ0n) is 13.7. The summed E-state index contributed by atoms with van der Waals surface area (Å²) in [6, 6.07) is 12.6. The summed E-state index contributed by atoms with van der Waals surface area (Å²) in [7, 11) is -2.00. The van der Waals surface area contributed by atoms with Gasteiger partial charge in [-0.25, -0.2) is 8.42 Å². The summed E-state index contributed by atoms with van der Waals surface area (Å²) >= 11 is 0. The molecule has 0 bridgehead atoms. The van der Waals surface area contributed by atoms with Crippen LogP contribution in [-0.2, 0) is 22.9 Å². The largest absolute Gasteiger partial charge is 0.322 e. The summed E-state index contributed by atoms with van der Waals surface area (Å²) in [5.74, 6) is -0.320. The van der Waals surface area contributed by atoms with E-state index in [4.69, 9.17) is 0 Å². The van der Waals surface area contributed by atoms with E-state index in [1.807, 2.05) is 18.2 Å². The number of aryl methyl sites for hydroxylation is 2. The maximum Gasteiger partial charge on any atom is 0.257 e. The summed E-state index contributed by atoms with van der Waals surface area (Å²) < 4.78 is 24.7. The third kappa shape index (κ3) is 3.28. The molecule has 0 saturated carbocycles. The normalized spacial score (nSPS) is 13.4. The molecule has 1 aliphatic carbocycles. The van der Waals surface area contributed by atoms with E-state index in [2.05, 4.69) is 5.32 Å². The second-order valence-corrected chi connectivity index (χ2v) is 8.05. The van der Waals surface area contributed by atoms with E-state index < -0.39 is 10.0 Å². The van der Waals surface area contributed by atoms with Gasteiger partial charge in [-0.05, 0) is 54.7 Å². The van der Waals surface area contributed by atoms with Gasteiger partial charge in [-0.2, -0.15) is 0 Å². The molecule has 1 N–H and O–H groups in total. The lowest BCUT2D eigenvalue weighted by Gasteiger charge is -2.20. The summed E-state index contributed by atoms with van der Waals surface area (Å²) in [5, 5.41) is 2.87. The number of rotatable bonds is 4. The van der Waals surface area contributed by atoms with Crippen LogP contribution >= 0.6 is 0 Å². The van der Waals surface area contributed by atoms with Crippen molar-refractivity contribution in [1.82, 2.24) is 0 Å². The zero-order chi connectivity index (χ0) is 17.3. The molecular formula is C18H20N2O3S. The SMILES string of the molecule is CN(c1ccccc1C(=O)Nc1ccc2c(c1)CCC2)S(C)(=O)=O. The van der Waals surface area contributed by atoms with E-state index in [9.17, 15) is 13.2 Å². The van der Waals surface area contributed by atoms with Crippen molar-refractivity contribution in [3.8, 4) is 0 Å². The highest BCUT2D eigenvalue weighted by molar-refractivity contribution is 7.92. The van der Waals surface area contributed by atoms with E-state index in [1.165, 1.54) is 18.2 Å². The number of hydrogen-bond donors (Lipinski definition) is 1. The fourth-order valence-electron chi connectivity index (χ4n) is 2.97. The molecule has 0 aromatic heterocycles. The number of amides is 1. The maximum atomic E-state index is 12.6. The second kappa shape index (κ2) is 6.28. The van der Waals surface area contributed by atoms with Gasteiger partial charge in [0.25, 0.3) is 5.91 Å². The number of nitrogens with zero attached hydrogens (tertiary/aromatic N) is 1. The fourth-order valence-corrected chi connectivity index (χ4v) is 3.48. The third-order valence-corrected chi connectivity index (χ3v) is 5.53. The van der Waals surface area contributed by atoms with Crippen molar-refractivity contribution in [2.24, 2.45) is 0 Å². The van der Waals surface area contributed by atoms with Crippen LogP contribution in [0.25, 0.3) is 0 Å². The topological polar surface area (TPSA) is 66.5 Å². The van der Waals surface area contributed by atoms with Gasteiger partial charge in [-0.15, -0.1) is 0 Å². The molecule has 0 radical (unpaired) electrons. The molecule has 5 nitrogen and oxygen atoms in total. The van der Waals surface area contributed by atoms with Crippen molar-refractivity contribution >= 4 is 27.3 Å². The number of para-hydroxylation sites is 1. The van der Waals surface area contributed by atoms with Crippen LogP contribution in [0, 0.1) is 0 Å². The standard InChI is InChI=1S/C18H20N2O3S/c1-20(24(2,22)23)17-9-4-3-8-16(17)18(21)19-15-11-10-13-6-5-7-14(13)12-15/h3-4,8-12H,5-7H2,1-2H3,(H,19,21). The predicted molar refractivity (Wildman–Crippen MR) is 96.1 cm³/mol. The first kappa shape index (κ1) is 16.5. The Balaban J connectivity index is 1.88. The van der Waals surface area contributed by atoms with Gasteiger partial charge in [0.15, 0.2) is 0 Å². The van der Waals surface area contributed by atoms with Gasteiger partial charge in [0, 0.05) is 12.7 Å². The summed E-state index contributed by atoms with van der Waals surface area (Å²) in [6.07, 6.45) is 4.38. The molecule has 0 spiro atoms. The highest BCUT2D eigenvalue weighted by Crippen LogP contribution is 2.26. The summed E-state index contributed by atoms with van der Waals surface area (Å²) in [5.41, 5.74) is 4.03. The van der Waals surface area contributed by atoms with Crippen LogP contribution in [0.5, 0.6) is 0 Å². The van der Waals surface area contributed by atoms with Gasteiger partial charge >= 0.3 is 0 Å². The summed E-state index contributed by atoms with van der Waals surface area (Å²) in [4.78, 5) is 12.6. The number of carbonyl (C=O) groups is 1. The first-order valence-electron chi connectivity index (χ1n) is 7.82. The smallest absolute Gasteiger partial charge is 0.257 e. The fraction of sp³-hybridized carbons (Fsp3) is 0.278. The molecule has 0 heterocycles. The number of hydrogen-bond acceptors (Lipinski definition) is 3. The van der Waals surface area contributed by atoms with Crippen LogP contribution in [0.3, 0.4) is 0 Å². The van der Waals surface area contributed by atoms with Gasteiger partial charge in [-0.1, -0.05) is 18.2 Å². The molecular weight excluding hydrogens is 324 g/mol. The molecule has 24 heavy (non-hydrogen) atoms. The van der Waals surface area contributed by atoms with E-state index in [1.54, 1.807) is 24.3 Å². The van der Waals surface area contributed by atoms with Gasteiger partial charge in [0.05, 0.1) is 17.5 Å². The van der Waals surface area contributed by atoms with Gasteiger partial charge in [0.2, 0.25) is 10.0 Å². The Morgan fingerprint density at radius 2 is 1.79 bits per heavy atom. The first-order chi connectivity index (χ1) is 11.4. The Bertz CT molecular complexity index is 891. The van der Waals surface area contributed by atoms with Crippen molar-refractivity contribution in [2.75, 3.05) is 22.9 Å². The van der Waals surface area contributed by atoms with Crippen molar-refractivity contribution in [1.29, 1.82) is 0 Å². The van der Waals surface area contributed by atoms with Crippen molar-refractivity contribution in [3.05, 3.63) is 59.2 Å². The average Bonchev–Trinajstić information content (AvgIpc) is 3.01. The molecule has 1 amide bonds. The van der Waals surface area contributed by atoms with Crippen LogP contribution in [0.15, 0.2) is 42.5 Å². The quantitative estimate of drug-likeness (QED) is 0.927. The van der Waals surface area contributed by atoms with E-state index in [-0.39, 0.29) is 5.91 Å². The Labute approximate surface area is 142 Å². The van der Waals surface area contributed by atoms with E-state index in [0.717, 1.165) is 35.5 Å². The molecule has 3 rings (SSSR count). The molecule has 6 heteroatoms. The lowest BCUT2D eigenvalue weighted by Crippen LogP contribution is -2.27. The molecule has 0 aliphatic heterocycles. The molecule has 126 valence electrons. The third-order valence-electron chi connectivity index (χ3n) is 4.34. The minimum Gasteiger partial charge on any atom is -0.322 e. The van der Waals surface area contributed by atoms with Crippen LogP contribution in [0.1, 0.15) is 27.9 Å². The maximum absolute atomic E-state index is 12.6. The molecule has 2 aromatic rings. The number of sulfonamides is 1. The number of nitrogens with one attached hydrogen (secondary N) is 1. The van der Waals surface area contributed by atoms with E-state index >= 15 is 0 Å². The van der Waals surface area contributed by atoms with Crippen LogP contribution in [-0.4, -0.2) is 27.6 Å². The van der Waals surface area contributed by atoms with Gasteiger partial charge in [0.1, 0.15) is 0 Å². The predicted octanol–water partition coefficient (Wildman–Crippen LogP) is 2.82. The minimum atomic E-state index is -3.44. The van der Waals surface area contributed by atoms with Gasteiger partial charge < -0.3 is 5.32 Å². The molecule has 2 aromatic carbocycles. The van der Waals surface area contributed by atoms with Crippen molar-refractivity contribution in [3.63, 3.8) is 0 Å². The zero-order valence-corrected chi connectivity index (χ0v) is 14.6. The number of anilines is 2. The lowest BCUT2D eigenvalue weighted by atomic mass is 10.1. The lowest BCUT2D eigenvalue weighted by molar-refractivity contribution is 0.102. The highest BCUT2D eigenvalue weighted by atomic mass is 32.2. The highest BCUT2D eigenvalue weighted by Gasteiger charge is 2.20. The second-order valence-electron chi connectivity index (χ2n) is 6.04. The monoisotopic (exact) mass is 344 g/mol. The van der Waals surface area contributed by atoms with Crippen LogP contribution < -0.4 is 9.62 Å². The van der Waals surface area contributed by atoms with E-state index in [0.29, 0.717) is 11.3 Å². The Kier molecular flexibility index (Phi) is 4.32. The van der Waals surface area contributed by atoms with Crippen LogP contribution in [0.4, 0.5) is 11.4 Å². The Hall–Kier alpha value is -2.34. The Morgan fingerprint density at radius 3 is 2.54 bits per heavy atom. The molecule has 0 saturated heterocycles. The van der Waals surface area contributed by atoms with Crippen LogP contribution in [0.2, 0.25) is 0 Å². The van der Waals surface area contributed by atoms with Crippen molar-refractivity contribution < 1.29 is 13.2 Å².